The van der Waals surface area contributed by atoms with E-state index < -0.39 is 0 Å². The molecule has 0 bridgehead atoms. The summed E-state index contributed by atoms with van der Waals surface area (Å²) in [4.78, 5) is 4.25. The lowest BCUT2D eigenvalue weighted by Crippen LogP contribution is -1.98. The molecule has 0 fully saturated rings. The largest absolute Gasteiger partial charge is 0.397 e. The predicted molar refractivity (Wildman–Crippen MR) is 56.4 cm³/mol. The third-order valence-corrected chi connectivity index (χ3v) is 2.12. The van der Waals surface area contributed by atoms with Crippen molar-refractivity contribution in [3.8, 4) is 0 Å². The summed E-state index contributed by atoms with van der Waals surface area (Å²) in [6, 6.07) is 3.79. The van der Waals surface area contributed by atoms with E-state index >= 15 is 0 Å². The number of hydrogen-bond donors (Lipinski definition) is 1. The lowest BCUT2D eigenvalue weighted by molar-refractivity contribution is 0.553. The minimum atomic E-state index is 0.768. The second kappa shape index (κ2) is 4.85. The molecule has 0 atom stereocenters. The number of anilines is 1. The average molecular weight is 178 g/mol. The molecule has 0 radical (unpaired) electrons. The van der Waals surface area contributed by atoms with Gasteiger partial charge in [-0.2, -0.15) is 0 Å². The summed E-state index contributed by atoms with van der Waals surface area (Å²) in [6.07, 6.45) is 5.24. The molecule has 0 amide bonds. The molecule has 1 aromatic heterocycles. The van der Waals surface area contributed by atoms with Gasteiger partial charge in [0, 0.05) is 6.20 Å². The molecule has 0 unspecified atom stereocenters. The molecule has 2 nitrogen and oxygen atoms in total. The number of aryl methyl sites for hydroxylation is 1. The molecule has 1 rings (SSSR count). The zero-order chi connectivity index (χ0) is 9.68. The van der Waals surface area contributed by atoms with E-state index in [1.54, 1.807) is 6.20 Å². The summed E-state index contributed by atoms with van der Waals surface area (Å²) in [5.74, 6) is 0.768. The Morgan fingerprint density at radius 1 is 1.46 bits per heavy atom. The molecular formula is C11H18N2. The van der Waals surface area contributed by atoms with Crippen LogP contribution in [0.1, 0.15) is 32.4 Å². The van der Waals surface area contributed by atoms with E-state index in [-0.39, 0.29) is 0 Å². The highest BCUT2D eigenvalue weighted by Gasteiger charge is 2.00. The standard InChI is InChI=1S/C11H18N2/c1-9(2)5-3-7-11-10(12)6-4-8-13-11/h4,6,8-9H,3,5,7,12H2,1-2H3. The van der Waals surface area contributed by atoms with Gasteiger partial charge >= 0.3 is 0 Å². The topological polar surface area (TPSA) is 38.9 Å². The molecule has 2 heteroatoms. The predicted octanol–water partition coefficient (Wildman–Crippen LogP) is 2.64. The van der Waals surface area contributed by atoms with E-state index in [1.165, 1.54) is 12.8 Å². The maximum Gasteiger partial charge on any atom is 0.0632 e. The molecule has 0 aliphatic carbocycles. The highest BCUT2D eigenvalue weighted by Crippen LogP contribution is 2.12. The van der Waals surface area contributed by atoms with Crippen LogP contribution >= 0.6 is 0 Å². The first-order valence-corrected chi connectivity index (χ1v) is 4.89. The number of nitrogens with two attached hydrogens (primary N) is 1. The van der Waals surface area contributed by atoms with E-state index in [4.69, 9.17) is 5.73 Å². The van der Waals surface area contributed by atoms with Crippen LogP contribution in [0.3, 0.4) is 0 Å². The summed E-state index contributed by atoms with van der Waals surface area (Å²) in [5, 5.41) is 0. The van der Waals surface area contributed by atoms with Gasteiger partial charge in [-0.05, 0) is 30.9 Å². The fourth-order valence-corrected chi connectivity index (χ4v) is 1.34. The lowest BCUT2D eigenvalue weighted by atomic mass is 10.0. The van der Waals surface area contributed by atoms with Crippen molar-refractivity contribution in [1.29, 1.82) is 0 Å². The smallest absolute Gasteiger partial charge is 0.0632 e. The van der Waals surface area contributed by atoms with Crippen molar-refractivity contribution in [2.24, 2.45) is 5.92 Å². The molecule has 1 heterocycles. The Kier molecular flexibility index (Phi) is 3.74. The number of nitrogens with zero attached hydrogens (tertiary/aromatic N) is 1. The zero-order valence-electron chi connectivity index (χ0n) is 8.46. The first-order valence-electron chi connectivity index (χ1n) is 4.89. The van der Waals surface area contributed by atoms with Crippen LogP contribution in [0.5, 0.6) is 0 Å². The van der Waals surface area contributed by atoms with Crippen LogP contribution in [-0.4, -0.2) is 4.98 Å². The first-order chi connectivity index (χ1) is 6.20. The number of rotatable bonds is 4. The molecule has 13 heavy (non-hydrogen) atoms. The number of aromatic nitrogens is 1. The Labute approximate surface area is 80.2 Å². The fourth-order valence-electron chi connectivity index (χ4n) is 1.34. The van der Waals surface area contributed by atoms with Crippen LogP contribution in [0.2, 0.25) is 0 Å². The van der Waals surface area contributed by atoms with Crippen molar-refractivity contribution in [1.82, 2.24) is 4.98 Å². The molecule has 0 saturated heterocycles. The Morgan fingerprint density at radius 2 is 2.23 bits per heavy atom. The maximum absolute atomic E-state index is 5.77. The highest BCUT2D eigenvalue weighted by atomic mass is 14.7. The molecule has 72 valence electrons. The van der Waals surface area contributed by atoms with E-state index in [1.807, 2.05) is 12.1 Å². The van der Waals surface area contributed by atoms with Gasteiger partial charge in [0.25, 0.3) is 0 Å². The Hall–Kier alpha value is -1.05. The lowest BCUT2D eigenvalue weighted by Gasteiger charge is -2.05. The minimum absolute atomic E-state index is 0.768. The van der Waals surface area contributed by atoms with Gasteiger partial charge in [0.15, 0.2) is 0 Å². The fraction of sp³-hybridized carbons (Fsp3) is 0.545. The quantitative estimate of drug-likeness (QED) is 0.769. The second-order valence-corrected chi connectivity index (χ2v) is 3.83. The summed E-state index contributed by atoms with van der Waals surface area (Å²) in [5.41, 5.74) is 7.64. The Morgan fingerprint density at radius 3 is 2.85 bits per heavy atom. The second-order valence-electron chi connectivity index (χ2n) is 3.83. The summed E-state index contributed by atoms with van der Waals surface area (Å²) < 4.78 is 0. The van der Waals surface area contributed by atoms with Crippen molar-refractivity contribution in [3.63, 3.8) is 0 Å². The SMILES string of the molecule is CC(C)CCCc1ncccc1N. The Bertz CT molecular complexity index is 256. The van der Waals surface area contributed by atoms with Crippen LogP contribution in [0.25, 0.3) is 0 Å². The molecule has 1 aromatic rings. The van der Waals surface area contributed by atoms with Gasteiger partial charge in [-0.1, -0.05) is 20.3 Å². The van der Waals surface area contributed by atoms with Crippen LogP contribution in [-0.2, 0) is 6.42 Å². The van der Waals surface area contributed by atoms with E-state index in [9.17, 15) is 0 Å². The molecule has 0 spiro atoms. The molecular weight excluding hydrogens is 160 g/mol. The number of hydrogen-bond acceptors (Lipinski definition) is 2. The van der Waals surface area contributed by atoms with Crippen LogP contribution in [0.15, 0.2) is 18.3 Å². The summed E-state index contributed by atoms with van der Waals surface area (Å²) >= 11 is 0. The molecule has 0 aliphatic rings. The van der Waals surface area contributed by atoms with E-state index in [0.29, 0.717) is 0 Å². The van der Waals surface area contributed by atoms with E-state index in [0.717, 1.165) is 23.7 Å². The third-order valence-electron chi connectivity index (χ3n) is 2.12. The van der Waals surface area contributed by atoms with Crippen molar-refractivity contribution < 1.29 is 0 Å². The van der Waals surface area contributed by atoms with Crippen LogP contribution < -0.4 is 5.73 Å². The summed E-state index contributed by atoms with van der Waals surface area (Å²) in [7, 11) is 0. The number of pyridine rings is 1. The van der Waals surface area contributed by atoms with E-state index in [2.05, 4.69) is 18.8 Å². The Balaban J connectivity index is 2.41. The van der Waals surface area contributed by atoms with Gasteiger partial charge in [-0.15, -0.1) is 0 Å². The molecule has 2 N–H and O–H groups in total. The molecule has 0 aliphatic heterocycles. The van der Waals surface area contributed by atoms with Crippen molar-refractivity contribution in [2.75, 3.05) is 5.73 Å². The molecule has 0 saturated carbocycles. The molecule has 0 aromatic carbocycles. The normalized spacial score (nSPS) is 10.7. The first kappa shape index (κ1) is 10.0. The highest BCUT2D eigenvalue weighted by molar-refractivity contribution is 5.41. The summed E-state index contributed by atoms with van der Waals surface area (Å²) in [6.45, 7) is 4.48. The van der Waals surface area contributed by atoms with Gasteiger partial charge < -0.3 is 5.73 Å². The van der Waals surface area contributed by atoms with Crippen molar-refractivity contribution in [3.05, 3.63) is 24.0 Å². The van der Waals surface area contributed by atoms with Crippen LogP contribution in [0.4, 0.5) is 5.69 Å². The monoisotopic (exact) mass is 178 g/mol. The third kappa shape index (κ3) is 3.45. The van der Waals surface area contributed by atoms with Gasteiger partial charge in [-0.3, -0.25) is 4.98 Å². The average Bonchev–Trinajstić information content (AvgIpc) is 2.08. The van der Waals surface area contributed by atoms with Gasteiger partial charge in [0.2, 0.25) is 0 Å². The number of nitrogen functional groups attached to an aromatic ring is 1. The van der Waals surface area contributed by atoms with Gasteiger partial charge in [0.1, 0.15) is 0 Å². The minimum Gasteiger partial charge on any atom is -0.397 e. The van der Waals surface area contributed by atoms with Gasteiger partial charge in [-0.25, -0.2) is 0 Å². The maximum atomic E-state index is 5.77. The zero-order valence-corrected chi connectivity index (χ0v) is 8.46. The van der Waals surface area contributed by atoms with Gasteiger partial charge in [0.05, 0.1) is 11.4 Å². The van der Waals surface area contributed by atoms with Crippen LogP contribution in [0, 0.1) is 5.92 Å². The van der Waals surface area contributed by atoms with Crippen molar-refractivity contribution in [2.45, 2.75) is 33.1 Å². The van der Waals surface area contributed by atoms with Crippen molar-refractivity contribution >= 4 is 5.69 Å².